The summed E-state index contributed by atoms with van der Waals surface area (Å²) in [5.41, 5.74) is 5.73. The fourth-order valence-corrected chi connectivity index (χ4v) is 1.26. The van der Waals surface area contributed by atoms with Crippen molar-refractivity contribution in [2.45, 2.75) is 37.6 Å². The van der Waals surface area contributed by atoms with Crippen LogP contribution in [0.25, 0.3) is 0 Å². The standard InChI is InChI=1S/C7H16N2OS/c1-3-6(8)7(5(2)11)9-4-10/h4-7,11H,3,8H2,1-2H3,(H,9,10)/t5-,6?,7?/m1/s1. The summed E-state index contributed by atoms with van der Waals surface area (Å²) in [4.78, 5) is 10.1. The molecular formula is C7H16N2OS. The van der Waals surface area contributed by atoms with E-state index in [9.17, 15) is 4.79 Å². The Balaban J connectivity index is 3.96. The second-order valence-corrected chi connectivity index (χ2v) is 3.44. The number of hydrogen-bond donors (Lipinski definition) is 3. The molecule has 0 aliphatic rings. The summed E-state index contributed by atoms with van der Waals surface area (Å²) in [6, 6.07) is -0.0338. The Bertz CT molecular complexity index is 119. The van der Waals surface area contributed by atoms with Gasteiger partial charge in [-0.05, 0) is 6.42 Å². The summed E-state index contributed by atoms with van der Waals surface area (Å²) in [6.07, 6.45) is 1.52. The molecule has 2 unspecified atom stereocenters. The van der Waals surface area contributed by atoms with Gasteiger partial charge in [0.05, 0.1) is 6.04 Å². The SMILES string of the molecule is CCC(N)C(NC=O)[C@@H](C)S. The van der Waals surface area contributed by atoms with Crippen LogP contribution >= 0.6 is 12.6 Å². The topological polar surface area (TPSA) is 55.1 Å². The number of thiol groups is 1. The van der Waals surface area contributed by atoms with E-state index in [-0.39, 0.29) is 17.3 Å². The fourth-order valence-electron chi connectivity index (χ4n) is 0.953. The van der Waals surface area contributed by atoms with E-state index in [1.807, 2.05) is 13.8 Å². The predicted molar refractivity (Wildman–Crippen MR) is 49.7 cm³/mol. The minimum absolute atomic E-state index is 0.00676. The lowest BCUT2D eigenvalue weighted by atomic mass is 10.0. The van der Waals surface area contributed by atoms with E-state index < -0.39 is 0 Å². The van der Waals surface area contributed by atoms with Gasteiger partial charge in [-0.15, -0.1) is 0 Å². The number of carbonyl (C=O) groups is 1. The van der Waals surface area contributed by atoms with Crippen LogP contribution in [0.5, 0.6) is 0 Å². The van der Waals surface area contributed by atoms with Crippen molar-refractivity contribution < 1.29 is 4.79 Å². The summed E-state index contributed by atoms with van der Waals surface area (Å²) >= 11 is 4.22. The van der Waals surface area contributed by atoms with Crippen LogP contribution in [-0.4, -0.2) is 23.7 Å². The largest absolute Gasteiger partial charge is 0.353 e. The molecule has 0 aliphatic carbocycles. The van der Waals surface area contributed by atoms with Crippen molar-refractivity contribution in [2.75, 3.05) is 0 Å². The third kappa shape index (κ3) is 3.62. The highest BCUT2D eigenvalue weighted by atomic mass is 32.1. The molecule has 0 aliphatic heterocycles. The molecule has 0 aromatic heterocycles. The van der Waals surface area contributed by atoms with E-state index in [0.29, 0.717) is 6.41 Å². The quantitative estimate of drug-likeness (QED) is 0.413. The summed E-state index contributed by atoms with van der Waals surface area (Å²) in [7, 11) is 0. The predicted octanol–water partition coefficient (Wildman–Crippen LogP) is 0.157. The van der Waals surface area contributed by atoms with Gasteiger partial charge in [-0.2, -0.15) is 12.6 Å². The molecule has 66 valence electrons. The Morgan fingerprint density at radius 3 is 2.55 bits per heavy atom. The first-order valence-electron chi connectivity index (χ1n) is 3.76. The van der Waals surface area contributed by atoms with Crippen LogP contribution in [0.15, 0.2) is 0 Å². The van der Waals surface area contributed by atoms with Crippen LogP contribution < -0.4 is 11.1 Å². The molecule has 0 saturated heterocycles. The minimum Gasteiger partial charge on any atom is -0.353 e. The molecule has 0 fully saturated rings. The second kappa shape index (κ2) is 5.43. The van der Waals surface area contributed by atoms with Crippen LogP contribution in [0.1, 0.15) is 20.3 Å². The van der Waals surface area contributed by atoms with Crippen molar-refractivity contribution in [3.8, 4) is 0 Å². The molecule has 3 atom stereocenters. The minimum atomic E-state index is -0.0270. The Morgan fingerprint density at radius 1 is 1.73 bits per heavy atom. The monoisotopic (exact) mass is 176 g/mol. The third-order valence-electron chi connectivity index (χ3n) is 1.71. The van der Waals surface area contributed by atoms with Gasteiger partial charge < -0.3 is 11.1 Å². The molecule has 4 heteroatoms. The van der Waals surface area contributed by atoms with Crippen LogP contribution in [-0.2, 0) is 4.79 Å². The lowest BCUT2D eigenvalue weighted by Crippen LogP contribution is -2.49. The first kappa shape index (κ1) is 10.8. The van der Waals surface area contributed by atoms with Gasteiger partial charge in [0.2, 0.25) is 6.41 Å². The molecular weight excluding hydrogens is 160 g/mol. The highest BCUT2D eigenvalue weighted by molar-refractivity contribution is 7.81. The molecule has 3 N–H and O–H groups in total. The van der Waals surface area contributed by atoms with Crippen molar-refractivity contribution >= 4 is 19.0 Å². The fraction of sp³-hybridized carbons (Fsp3) is 0.857. The molecule has 0 radical (unpaired) electrons. The maximum Gasteiger partial charge on any atom is 0.207 e. The van der Waals surface area contributed by atoms with Gasteiger partial charge in [-0.1, -0.05) is 13.8 Å². The number of hydrogen-bond acceptors (Lipinski definition) is 3. The van der Waals surface area contributed by atoms with Gasteiger partial charge >= 0.3 is 0 Å². The molecule has 0 rings (SSSR count). The van der Waals surface area contributed by atoms with Crippen LogP contribution in [0.2, 0.25) is 0 Å². The number of carbonyl (C=O) groups excluding carboxylic acids is 1. The maximum atomic E-state index is 10.1. The van der Waals surface area contributed by atoms with E-state index in [1.165, 1.54) is 0 Å². The summed E-state index contributed by atoms with van der Waals surface area (Å²) in [6.45, 7) is 3.90. The average Bonchev–Trinajstić information content (AvgIpc) is 1.98. The van der Waals surface area contributed by atoms with Crippen molar-refractivity contribution in [1.29, 1.82) is 0 Å². The molecule has 0 spiro atoms. The van der Waals surface area contributed by atoms with Gasteiger partial charge in [0.15, 0.2) is 0 Å². The smallest absolute Gasteiger partial charge is 0.207 e. The zero-order valence-corrected chi connectivity index (χ0v) is 7.84. The van der Waals surface area contributed by atoms with E-state index in [0.717, 1.165) is 6.42 Å². The molecule has 0 aromatic carbocycles. The molecule has 11 heavy (non-hydrogen) atoms. The van der Waals surface area contributed by atoms with Crippen molar-refractivity contribution in [2.24, 2.45) is 5.73 Å². The first-order valence-corrected chi connectivity index (χ1v) is 4.28. The lowest BCUT2D eigenvalue weighted by molar-refractivity contribution is -0.110. The van der Waals surface area contributed by atoms with Gasteiger partial charge in [0.25, 0.3) is 0 Å². The maximum absolute atomic E-state index is 10.1. The third-order valence-corrected chi connectivity index (χ3v) is 2.03. The van der Waals surface area contributed by atoms with E-state index in [1.54, 1.807) is 0 Å². The Labute approximate surface area is 73.1 Å². The molecule has 3 nitrogen and oxygen atoms in total. The summed E-state index contributed by atoms with van der Waals surface area (Å²) in [5.74, 6) is 0. The lowest BCUT2D eigenvalue weighted by Gasteiger charge is -2.24. The molecule has 0 bridgehead atoms. The highest BCUT2D eigenvalue weighted by Crippen LogP contribution is 2.05. The highest BCUT2D eigenvalue weighted by Gasteiger charge is 2.18. The van der Waals surface area contributed by atoms with E-state index >= 15 is 0 Å². The second-order valence-electron chi connectivity index (χ2n) is 2.62. The van der Waals surface area contributed by atoms with Gasteiger partial charge in [0.1, 0.15) is 0 Å². The molecule has 1 amide bonds. The van der Waals surface area contributed by atoms with Crippen molar-refractivity contribution in [3.05, 3.63) is 0 Å². The molecule has 0 heterocycles. The Kier molecular flexibility index (Phi) is 5.32. The van der Waals surface area contributed by atoms with Crippen LogP contribution in [0.3, 0.4) is 0 Å². The van der Waals surface area contributed by atoms with Crippen LogP contribution in [0.4, 0.5) is 0 Å². The number of amides is 1. The molecule has 0 aromatic rings. The Morgan fingerprint density at radius 2 is 2.27 bits per heavy atom. The van der Waals surface area contributed by atoms with E-state index in [2.05, 4.69) is 17.9 Å². The van der Waals surface area contributed by atoms with Gasteiger partial charge in [-0.3, -0.25) is 4.79 Å². The zero-order valence-electron chi connectivity index (χ0n) is 6.95. The zero-order chi connectivity index (χ0) is 8.85. The summed E-state index contributed by atoms with van der Waals surface area (Å²) in [5, 5.41) is 2.74. The molecule has 0 saturated carbocycles. The van der Waals surface area contributed by atoms with Gasteiger partial charge in [-0.25, -0.2) is 0 Å². The van der Waals surface area contributed by atoms with E-state index in [4.69, 9.17) is 5.73 Å². The van der Waals surface area contributed by atoms with Crippen molar-refractivity contribution in [3.63, 3.8) is 0 Å². The Hall–Kier alpha value is -0.220. The number of nitrogens with one attached hydrogen (secondary N) is 1. The number of rotatable bonds is 5. The van der Waals surface area contributed by atoms with Crippen LogP contribution in [0, 0.1) is 0 Å². The van der Waals surface area contributed by atoms with Gasteiger partial charge in [0, 0.05) is 11.3 Å². The number of nitrogens with two attached hydrogens (primary N) is 1. The first-order chi connectivity index (χ1) is 5.13. The van der Waals surface area contributed by atoms with Crippen molar-refractivity contribution in [1.82, 2.24) is 5.32 Å². The summed E-state index contributed by atoms with van der Waals surface area (Å²) < 4.78 is 0. The normalized spacial score (nSPS) is 18.5. The average molecular weight is 176 g/mol.